The van der Waals surface area contributed by atoms with E-state index in [-0.39, 0.29) is 41.1 Å². The van der Waals surface area contributed by atoms with Gasteiger partial charge < -0.3 is 24.8 Å². The molecule has 0 bridgehead atoms. The molecule has 0 aliphatic rings. The van der Waals surface area contributed by atoms with Crippen molar-refractivity contribution >= 4 is 41.5 Å². The molecule has 0 radical (unpaired) electrons. The van der Waals surface area contributed by atoms with Crippen LogP contribution in [0.25, 0.3) is 0 Å². The molecule has 9 heteroatoms. The van der Waals surface area contributed by atoms with Crippen LogP contribution in [0.2, 0.25) is 0 Å². The molecule has 1 amide bonds. The number of halogens is 1. The molecule has 31 heavy (non-hydrogen) atoms. The molecule has 2 aromatic heterocycles. The second-order valence-electron chi connectivity index (χ2n) is 7.78. The third-order valence-corrected chi connectivity index (χ3v) is 4.34. The number of anilines is 1. The van der Waals surface area contributed by atoms with E-state index >= 15 is 0 Å². The van der Waals surface area contributed by atoms with Gasteiger partial charge in [0.15, 0.2) is 11.7 Å². The van der Waals surface area contributed by atoms with Crippen molar-refractivity contribution in [2.45, 2.75) is 39.3 Å². The zero-order valence-corrected chi connectivity index (χ0v) is 20.4. The van der Waals surface area contributed by atoms with Crippen LogP contribution in [0.5, 0.6) is 0 Å². The number of rotatable bonds is 6. The first kappa shape index (κ1) is 24.4. The number of amides is 1. The van der Waals surface area contributed by atoms with Crippen molar-refractivity contribution < 1.29 is 13.6 Å². The summed E-state index contributed by atoms with van der Waals surface area (Å²) in [6.45, 7) is 7.26. The minimum absolute atomic E-state index is 0. The fraction of sp³-hybridized carbons (Fsp3) is 0.318. The van der Waals surface area contributed by atoms with Crippen LogP contribution in [-0.4, -0.2) is 23.9 Å². The second kappa shape index (κ2) is 11.0. The lowest BCUT2D eigenvalue weighted by Gasteiger charge is -2.13. The van der Waals surface area contributed by atoms with Gasteiger partial charge in [-0.3, -0.25) is 9.79 Å². The van der Waals surface area contributed by atoms with Crippen LogP contribution in [0.3, 0.4) is 0 Å². The van der Waals surface area contributed by atoms with Crippen molar-refractivity contribution in [3.8, 4) is 0 Å². The largest absolute Gasteiger partial charge is 0.459 e. The van der Waals surface area contributed by atoms with Gasteiger partial charge >= 0.3 is 0 Å². The lowest BCUT2D eigenvalue weighted by atomic mass is 9.94. The molecule has 2 heterocycles. The van der Waals surface area contributed by atoms with Crippen LogP contribution >= 0.6 is 24.0 Å². The average Bonchev–Trinajstić information content (AvgIpc) is 3.41. The number of nitrogens with one attached hydrogen (secondary N) is 3. The number of hydrogen-bond acceptors (Lipinski definition) is 5. The topological polar surface area (TPSA) is 105 Å². The van der Waals surface area contributed by atoms with E-state index in [0.717, 1.165) is 11.3 Å². The minimum Gasteiger partial charge on any atom is -0.459 e. The predicted octanol–water partition coefficient (Wildman–Crippen LogP) is 4.30. The quantitative estimate of drug-likeness (QED) is 0.246. The lowest BCUT2D eigenvalue weighted by molar-refractivity contribution is 0.0996. The molecule has 3 N–H and O–H groups in total. The van der Waals surface area contributed by atoms with Crippen LogP contribution in [0, 0.1) is 0 Å². The Balaban J connectivity index is 0.00000341. The van der Waals surface area contributed by atoms with Gasteiger partial charge in [-0.1, -0.05) is 32.9 Å². The van der Waals surface area contributed by atoms with Gasteiger partial charge in [-0.15, -0.1) is 24.0 Å². The summed E-state index contributed by atoms with van der Waals surface area (Å²) in [6, 6.07) is 10.8. The number of nitrogens with zero attached hydrogens (tertiary/aromatic N) is 2. The number of benzene rings is 1. The maximum absolute atomic E-state index is 12.0. The van der Waals surface area contributed by atoms with E-state index in [0.29, 0.717) is 30.6 Å². The summed E-state index contributed by atoms with van der Waals surface area (Å²) < 4.78 is 10.9. The molecule has 0 saturated carbocycles. The molecule has 0 unspecified atom stereocenters. The number of aliphatic imine (C=N–C) groups is 1. The van der Waals surface area contributed by atoms with Gasteiger partial charge in [-0.05, 0) is 29.8 Å². The van der Waals surface area contributed by atoms with Gasteiger partial charge in [0.25, 0.3) is 5.91 Å². The molecule has 0 spiro atoms. The van der Waals surface area contributed by atoms with Crippen molar-refractivity contribution in [2.75, 3.05) is 12.4 Å². The third kappa shape index (κ3) is 7.12. The van der Waals surface area contributed by atoms with E-state index in [1.807, 2.05) is 24.3 Å². The molecule has 3 aromatic rings. The number of furan rings is 1. The molecule has 0 aliphatic carbocycles. The molecule has 0 fully saturated rings. The van der Waals surface area contributed by atoms with Gasteiger partial charge in [0.1, 0.15) is 5.76 Å². The molecule has 0 aliphatic heterocycles. The van der Waals surface area contributed by atoms with E-state index in [4.69, 9.17) is 8.83 Å². The Kier molecular flexibility index (Phi) is 8.66. The Labute approximate surface area is 198 Å². The van der Waals surface area contributed by atoms with Crippen molar-refractivity contribution in [2.24, 2.45) is 4.99 Å². The zero-order valence-electron chi connectivity index (χ0n) is 18.1. The molecule has 166 valence electrons. The molecule has 0 atom stereocenters. The van der Waals surface area contributed by atoms with E-state index in [2.05, 4.69) is 46.7 Å². The van der Waals surface area contributed by atoms with Gasteiger partial charge in [0.05, 0.1) is 19.0 Å². The van der Waals surface area contributed by atoms with Crippen molar-refractivity contribution in [1.82, 2.24) is 15.6 Å². The van der Waals surface area contributed by atoms with Crippen LogP contribution in [0.15, 0.2) is 62.7 Å². The number of hydrogen-bond donors (Lipinski definition) is 3. The highest BCUT2D eigenvalue weighted by molar-refractivity contribution is 14.0. The summed E-state index contributed by atoms with van der Waals surface area (Å²) in [5.74, 6) is 2.09. The van der Waals surface area contributed by atoms with Crippen molar-refractivity contribution in [1.29, 1.82) is 0 Å². The van der Waals surface area contributed by atoms with E-state index in [1.165, 1.54) is 6.26 Å². The first-order chi connectivity index (χ1) is 14.3. The summed E-state index contributed by atoms with van der Waals surface area (Å²) in [6.07, 6.45) is 3.23. The minimum atomic E-state index is -0.281. The van der Waals surface area contributed by atoms with Crippen LogP contribution in [-0.2, 0) is 18.5 Å². The first-order valence-corrected chi connectivity index (χ1v) is 9.68. The Morgan fingerprint density at radius 3 is 2.39 bits per heavy atom. The van der Waals surface area contributed by atoms with Gasteiger partial charge in [-0.2, -0.15) is 0 Å². The molecule has 0 saturated heterocycles. The number of carbonyl (C=O) groups is 1. The third-order valence-electron chi connectivity index (χ3n) is 4.34. The summed E-state index contributed by atoms with van der Waals surface area (Å²) in [4.78, 5) is 20.5. The molecule has 8 nitrogen and oxygen atoms in total. The molecular formula is C22H28IN5O3. The fourth-order valence-corrected chi connectivity index (χ4v) is 2.61. The standard InChI is InChI=1S/C22H27N5O3.HI/c1-22(2,3)18-13-24-19(30-18)14-26-21(23-4)25-12-15-7-9-16(10-8-15)27-20(28)17-6-5-11-29-17;/h5-11,13H,12,14H2,1-4H3,(H,27,28)(H2,23,25,26);1H. The highest BCUT2D eigenvalue weighted by Crippen LogP contribution is 2.22. The van der Waals surface area contributed by atoms with Crippen molar-refractivity contribution in [3.63, 3.8) is 0 Å². The maximum atomic E-state index is 12.0. The number of oxazole rings is 1. The molecular weight excluding hydrogens is 509 g/mol. The Hall–Kier alpha value is -2.82. The highest BCUT2D eigenvalue weighted by atomic mass is 127. The predicted molar refractivity (Wildman–Crippen MR) is 131 cm³/mol. The Bertz CT molecular complexity index is 989. The highest BCUT2D eigenvalue weighted by Gasteiger charge is 2.19. The zero-order chi connectivity index (χ0) is 21.6. The summed E-state index contributed by atoms with van der Waals surface area (Å²) in [5, 5.41) is 9.22. The summed E-state index contributed by atoms with van der Waals surface area (Å²) >= 11 is 0. The van der Waals surface area contributed by atoms with Gasteiger partial charge in [0, 0.05) is 24.7 Å². The summed E-state index contributed by atoms with van der Waals surface area (Å²) in [7, 11) is 1.71. The molecule has 3 rings (SSSR count). The smallest absolute Gasteiger partial charge is 0.291 e. The molecule has 1 aromatic carbocycles. The van der Waals surface area contributed by atoms with Gasteiger partial charge in [-0.25, -0.2) is 4.98 Å². The van der Waals surface area contributed by atoms with E-state index < -0.39 is 0 Å². The maximum Gasteiger partial charge on any atom is 0.291 e. The van der Waals surface area contributed by atoms with E-state index in [1.54, 1.807) is 25.4 Å². The lowest BCUT2D eigenvalue weighted by Crippen LogP contribution is -2.36. The van der Waals surface area contributed by atoms with Crippen LogP contribution in [0.1, 0.15) is 48.5 Å². The monoisotopic (exact) mass is 537 g/mol. The fourth-order valence-electron chi connectivity index (χ4n) is 2.61. The Morgan fingerprint density at radius 1 is 1.10 bits per heavy atom. The summed E-state index contributed by atoms with van der Waals surface area (Å²) in [5.41, 5.74) is 1.66. The van der Waals surface area contributed by atoms with Crippen LogP contribution < -0.4 is 16.0 Å². The normalized spacial score (nSPS) is 11.5. The second-order valence-corrected chi connectivity index (χ2v) is 7.78. The number of carbonyl (C=O) groups excluding carboxylic acids is 1. The van der Waals surface area contributed by atoms with Crippen molar-refractivity contribution in [3.05, 3.63) is 71.8 Å². The average molecular weight is 537 g/mol. The van der Waals surface area contributed by atoms with Gasteiger partial charge in [0.2, 0.25) is 5.89 Å². The SMILES string of the molecule is CN=C(NCc1ccc(NC(=O)c2ccco2)cc1)NCc1ncc(C(C)(C)C)o1.I. The van der Waals surface area contributed by atoms with E-state index in [9.17, 15) is 4.79 Å². The Morgan fingerprint density at radius 2 is 1.81 bits per heavy atom. The first-order valence-electron chi connectivity index (χ1n) is 9.68. The number of aromatic nitrogens is 1. The number of guanidine groups is 1. The van der Waals surface area contributed by atoms with Crippen LogP contribution in [0.4, 0.5) is 5.69 Å².